The molecule has 4 heterocycles. The van der Waals surface area contributed by atoms with Crippen LogP contribution in [0.25, 0.3) is 0 Å². The average molecular weight is 576 g/mol. The molecule has 1 aromatic heterocycles. The van der Waals surface area contributed by atoms with E-state index in [1.807, 2.05) is 0 Å². The number of benzene rings is 2. The van der Waals surface area contributed by atoms with Gasteiger partial charge in [0.15, 0.2) is 12.0 Å². The molecule has 0 bridgehead atoms. The molecular formula is C28H29F4N5O4. The van der Waals surface area contributed by atoms with Gasteiger partial charge in [0.05, 0.1) is 37.3 Å². The molecule has 1 atom stereocenters. The fourth-order valence-electron chi connectivity index (χ4n) is 6.07. The summed E-state index contributed by atoms with van der Waals surface area (Å²) in [4.78, 5) is 16.7. The van der Waals surface area contributed by atoms with Crippen LogP contribution in [0.1, 0.15) is 44.6 Å². The molecular weight excluding hydrogens is 546 g/mol. The molecule has 6 rings (SSSR count). The predicted molar refractivity (Wildman–Crippen MR) is 138 cm³/mol. The number of β-amino-alcohol motifs (C(OH)–C–C–N with tert-alkyl or cyclic N) is 1. The van der Waals surface area contributed by atoms with Gasteiger partial charge in [0.2, 0.25) is 0 Å². The molecule has 0 aliphatic carbocycles. The minimum Gasteiger partial charge on any atom is -0.385 e. The van der Waals surface area contributed by atoms with E-state index in [-0.39, 0.29) is 63.0 Å². The maximum atomic E-state index is 15.8. The lowest BCUT2D eigenvalue weighted by molar-refractivity contribution is -0.139. The molecule has 9 nitrogen and oxygen atoms in total. The van der Waals surface area contributed by atoms with Crippen LogP contribution >= 0.6 is 0 Å². The number of methoxy groups -OCH3 is 1. The number of ether oxygens (including phenoxy) is 2. The summed E-state index contributed by atoms with van der Waals surface area (Å²) < 4.78 is 70.3. The number of hydrogen-bond acceptors (Lipinski definition) is 7. The van der Waals surface area contributed by atoms with Crippen LogP contribution in [0, 0.1) is 0 Å². The van der Waals surface area contributed by atoms with E-state index >= 15 is 4.39 Å². The first-order chi connectivity index (χ1) is 19.4. The Morgan fingerprint density at radius 2 is 1.95 bits per heavy atom. The van der Waals surface area contributed by atoms with E-state index in [0.29, 0.717) is 16.8 Å². The monoisotopic (exact) mass is 575 g/mol. The summed E-state index contributed by atoms with van der Waals surface area (Å²) in [6.45, 7) is 0.669. The molecule has 0 radical (unpaired) electrons. The Labute approximate surface area is 233 Å². The second kappa shape index (κ2) is 9.86. The standard InChI is InChI=1S/C28H29F4N5O4/c1-35-16-33-34-24(35)23(29)27(14-41-15-27)18-4-3-5-19(8-18)37-10-21-20(25(37)38)6-17(7-22(21)28(30,31)32)9-36-11-26(39,12-36)13-40-2/h3-8,16,23,39H,9-15H2,1-2H3/t23-/m1/s1. The molecule has 2 aromatic carbocycles. The van der Waals surface area contributed by atoms with Gasteiger partial charge in [-0.1, -0.05) is 12.1 Å². The number of amides is 1. The Kier molecular flexibility index (Phi) is 6.68. The van der Waals surface area contributed by atoms with Gasteiger partial charge in [0.25, 0.3) is 5.91 Å². The summed E-state index contributed by atoms with van der Waals surface area (Å²) >= 11 is 0. The second-order valence-electron chi connectivity index (χ2n) is 11.2. The van der Waals surface area contributed by atoms with E-state index in [4.69, 9.17) is 9.47 Å². The van der Waals surface area contributed by atoms with E-state index < -0.39 is 34.8 Å². The van der Waals surface area contributed by atoms with Crippen LogP contribution in [0.5, 0.6) is 0 Å². The number of carbonyl (C=O) groups is 1. The first-order valence-electron chi connectivity index (χ1n) is 13.1. The zero-order chi connectivity index (χ0) is 29.2. The van der Waals surface area contributed by atoms with E-state index in [9.17, 15) is 23.1 Å². The van der Waals surface area contributed by atoms with Crippen molar-refractivity contribution in [2.24, 2.45) is 7.05 Å². The number of carbonyl (C=O) groups excluding carboxylic acids is 1. The van der Waals surface area contributed by atoms with E-state index in [1.165, 1.54) is 29.0 Å². The van der Waals surface area contributed by atoms with Crippen LogP contribution in [0.3, 0.4) is 0 Å². The fraction of sp³-hybridized carbons (Fsp3) is 0.464. The number of nitrogens with zero attached hydrogens (tertiary/aromatic N) is 5. The average Bonchev–Trinajstić information content (AvgIpc) is 3.45. The van der Waals surface area contributed by atoms with Gasteiger partial charge >= 0.3 is 6.18 Å². The summed E-state index contributed by atoms with van der Waals surface area (Å²) in [6, 6.07) is 9.22. The molecule has 0 unspecified atom stereocenters. The van der Waals surface area contributed by atoms with Gasteiger partial charge in [-0.15, -0.1) is 10.2 Å². The summed E-state index contributed by atoms with van der Waals surface area (Å²) in [5.74, 6) is -0.429. The number of aliphatic hydroxyl groups is 1. The number of aromatic nitrogens is 3. The highest BCUT2D eigenvalue weighted by Gasteiger charge is 2.51. The molecule has 2 saturated heterocycles. The van der Waals surface area contributed by atoms with Crippen LogP contribution in [0.15, 0.2) is 42.7 Å². The second-order valence-corrected chi connectivity index (χ2v) is 11.2. The summed E-state index contributed by atoms with van der Waals surface area (Å²) in [6.07, 6.45) is -4.82. The molecule has 3 aromatic rings. The number of fused-ring (bicyclic) bond motifs is 1. The Balaban J connectivity index is 1.29. The summed E-state index contributed by atoms with van der Waals surface area (Å²) in [5.41, 5.74) is -1.84. The number of halogens is 4. The van der Waals surface area contributed by atoms with Crippen molar-refractivity contribution in [1.29, 1.82) is 0 Å². The molecule has 3 aliphatic rings. The molecule has 1 N–H and O–H groups in total. The molecule has 0 spiro atoms. The van der Waals surface area contributed by atoms with Crippen molar-refractivity contribution in [1.82, 2.24) is 19.7 Å². The van der Waals surface area contributed by atoms with Gasteiger partial charge in [-0.25, -0.2) is 4.39 Å². The van der Waals surface area contributed by atoms with Crippen LogP contribution in [0.4, 0.5) is 23.2 Å². The third-order valence-corrected chi connectivity index (χ3v) is 8.17. The van der Waals surface area contributed by atoms with Crippen molar-refractivity contribution in [2.75, 3.05) is 44.9 Å². The predicted octanol–water partition coefficient (Wildman–Crippen LogP) is 3.17. The number of hydrogen-bond donors (Lipinski definition) is 1. The molecule has 1 amide bonds. The zero-order valence-corrected chi connectivity index (χ0v) is 22.5. The van der Waals surface area contributed by atoms with Crippen molar-refractivity contribution in [3.8, 4) is 0 Å². The maximum absolute atomic E-state index is 15.8. The molecule has 218 valence electrons. The highest BCUT2D eigenvalue weighted by atomic mass is 19.4. The number of rotatable bonds is 8. The van der Waals surface area contributed by atoms with Crippen molar-refractivity contribution in [2.45, 2.75) is 36.5 Å². The summed E-state index contributed by atoms with van der Waals surface area (Å²) in [5, 5.41) is 18.0. The molecule has 3 aliphatic heterocycles. The zero-order valence-electron chi connectivity index (χ0n) is 22.5. The van der Waals surface area contributed by atoms with Crippen molar-refractivity contribution in [3.63, 3.8) is 0 Å². The minimum absolute atomic E-state index is 0.0166. The lowest BCUT2D eigenvalue weighted by Crippen LogP contribution is -2.63. The lowest BCUT2D eigenvalue weighted by atomic mass is 9.74. The Morgan fingerprint density at radius 1 is 1.20 bits per heavy atom. The van der Waals surface area contributed by atoms with E-state index in [2.05, 4.69) is 10.2 Å². The molecule has 13 heteroatoms. The minimum atomic E-state index is -4.67. The normalized spacial score (nSPS) is 20.5. The smallest absolute Gasteiger partial charge is 0.385 e. The highest BCUT2D eigenvalue weighted by Crippen LogP contribution is 2.47. The van der Waals surface area contributed by atoms with Crippen molar-refractivity contribution < 1.29 is 36.9 Å². The third-order valence-electron chi connectivity index (χ3n) is 8.17. The SMILES string of the molecule is COCC1(O)CN(Cc2cc3c(c(C(F)(F)F)c2)CN(c2cccc(C4([C@H](F)c5nncn5C)COC4)c2)C3=O)C1. The van der Waals surface area contributed by atoms with Gasteiger partial charge in [-0.05, 0) is 41.0 Å². The maximum Gasteiger partial charge on any atom is 0.416 e. The van der Waals surface area contributed by atoms with Crippen molar-refractivity contribution >= 4 is 11.6 Å². The van der Waals surface area contributed by atoms with Crippen molar-refractivity contribution in [3.05, 3.63) is 76.4 Å². The first kappa shape index (κ1) is 27.8. The number of anilines is 1. The number of likely N-dealkylation sites (tertiary alicyclic amines) is 1. The van der Waals surface area contributed by atoms with E-state index in [0.717, 1.165) is 6.07 Å². The number of alkyl halides is 4. The van der Waals surface area contributed by atoms with Gasteiger partial charge < -0.3 is 24.0 Å². The topological polar surface area (TPSA) is 93.0 Å². The van der Waals surface area contributed by atoms with Crippen LogP contribution in [-0.4, -0.2) is 76.3 Å². The Morgan fingerprint density at radius 3 is 2.56 bits per heavy atom. The first-order valence-corrected chi connectivity index (χ1v) is 13.1. The van der Waals surface area contributed by atoms with Gasteiger partial charge in [-0.3, -0.25) is 9.69 Å². The largest absolute Gasteiger partial charge is 0.416 e. The van der Waals surface area contributed by atoms with Gasteiger partial charge in [0.1, 0.15) is 11.9 Å². The molecule has 41 heavy (non-hydrogen) atoms. The molecule has 0 saturated carbocycles. The van der Waals surface area contributed by atoms with Crippen LogP contribution in [-0.2, 0) is 41.2 Å². The number of aryl methyl sites for hydroxylation is 1. The van der Waals surface area contributed by atoms with Gasteiger partial charge in [0, 0.05) is 45.0 Å². The fourth-order valence-corrected chi connectivity index (χ4v) is 6.07. The Bertz CT molecular complexity index is 1480. The lowest BCUT2D eigenvalue weighted by Gasteiger charge is -2.46. The summed E-state index contributed by atoms with van der Waals surface area (Å²) in [7, 11) is 3.11. The third kappa shape index (κ3) is 4.70. The van der Waals surface area contributed by atoms with E-state index in [1.54, 1.807) is 36.2 Å². The van der Waals surface area contributed by atoms with Crippen LogP contribution < -0.4 is 4.90 Å². The van der Waals surface area contributed by atoms with Gasteiger partial charge in [-0.2, -0.15) is 13.2 Å². The highest BCUT2D eigenvalue weighted by molar-refractivity contribution is 6.10. The quantitative estimate of drug-likeness (QED) is 0.413. The Hall–Kier alpha value is -3.39. The molecule has 2 fully saturated rings. The van der Waals surface area contributed by atoms with Crippen LogP contribution in [0.2, 0.25) is 0 Å².